The summed E-state index contributed by atoms with van der Waals surface area (Å²) in [5.74, 6) is -4.44. The fourth-order valence-corrected chi connectivity index (χ4v) is 4.52. The van der Waals surface area contributed by atoms with Gasteiger partial charge >= 0.3 is 0 Å². The molecule has 4 rings (SSSR count). The van der Waals surface area contributed by atoms with Gasteiger partial charge in [-0.05, 0) is 36.4 Å². The highest BCUT2D eigenvalue weighted by atomic mass is 32.2. The lowest BCUT2D eigenvalue weighted by atomic mass is 10.1. The number of carbonyl (C=O) groups excluding carboxylic acids is 1. The Hall–Kier alpha value is -3.14. The first-order chi connectivity index (χ1) is 13.2. The van der Waals surface area contributed by atoms with Crippen molar-refractivity contribution in [3.05, 3.63) is 76.7 Å². The van der Waals surface area contributed by atoms with Crippen molar-refractivity contribution in [2.45, 2.75) is 11.5 Å². The number of carbonyl (C=O) groups is 1. The Morgan fingerprint density at radius 1 is 1.00 bits per heavy atom. The van der Waals surface area contributed by atoms with Gasteiger partial charge in [-0.15, -0.1) is 0 Å². The number of rotatable bonds is 3. The number of amides is 1. The summed E-state index contributed by atoms with van der Waals surface area (Å²) in [5.41, 5.74) is -0.00971. The number of fused-ring (bicyclic) bond motifs is 1. The number of halogens is 3. The Balaban J connectivity index is 1.81. The van der Waals surface area contributed by atoms with E-state index in [1.165, 1.54) is 28.9 Å². The first-order valence-corrected chi connectivity index (χ1v) is 9.90. The van der Waals surface area contributed by atoms with Crippen molar-refractivity contribution in [2.75, 3.05) is 5.32 Å². The van der Waals surface area contributed by atoms with Gasteiger partial charge in [0.05, 0.1) is 22.9 Å². The number of hydrogen-bond acceptors (Lipinski definition) is 4. The van der Waals surface area contributed by atoms with Crippen molar-refractivity contribution in [1.29, 1.82) is 0 Å². The zero-order valence-electron chi connectivity index (χ0n) is 14.1. The molecule has 3 aromatic rings. The van der Waals surface area contributed by atoms with Crippen LogP contribution in [0.15, 0.2) is 42.5 Å². The van der Waals surface area contributed by atoms with Crippen LogP contribution < -0.4 is 5.32 Å². The minimum atomic E-state index is -3.44. The third kappa shape index (κ3) is 3.15. The average molecular weight is 407 g/mol. The molecule has 0 spiro atoms. The predicted molar refractivity (Wildman–Crippen MR) is 94.2 cm³/mol. The van der Waals surface area contributed by atoms with Crippen LogP contribution in [0.2, 0.25) is 0 Å². The van der Waals surface area contributed by atoms with E-state index in [2.05, 4.69) is 10.4 Å². The monoisotopic (exact) mass is 407 g/mol. The van der Waals surface area contributed by atoms with E-state index in [1.54, 1.807) is 0 Å². The fourth-order valence-electron chi connectivity index (χ4n) is 3.02. The summed E-state index contributed by atoms with van der Waals surface area (Å²) in [5, 5.41) is 6.55. The largest absolute Gasteiger partial charge is 0.306 e. The molecule has 6 nitrogen and oxygen atoms in total. The topological polar surface area (TPSA) is 81.1 Å². The lowest BCUT2D eigenvalue weighted by molar-refractivity contribution is 0.101. The SMILES string of the molecule is O=C(Nc1c2c(nn1-c1ccc(F)cc1)CS(=O)(=O)C2)c1c(F)cccc1F. The van der Waals surface area contributed by atoms with Crippen LogP contribution in [-0.4, -0.2) is 24.1 Å². The molecule has 0 radical (unpaired) electrons. The molecule has 0 bridgehead atoms. The maximum Gasteiger partial charge on any atom is 0.262 e. The molecule has 2 heterocycles. The molecule has 1 amide bonds. The molecule has 1 aromatic heterocycles. The number of nitrogens with zero attached hydrogens (tertiary/aromatic N) is 2. The third-order valence-corrected chi connectivity index (χ3v) is 5.72. The zero-order valence-corrected chi connectivity index (χ0v) is 14.9. The Bertz CT molecular complexity index is 1180. The number of anilines is 1. The second-order valence-corrected chi connectivity index (χ2v) is 8.31. The van der Waals surface area contributed by atoms with E-state index >= 15 is 0 Å². The normalized spacial score (nSPS) is 14.7. The van der Waals surface area contributed by atoms with E-state index < -0.39 is 38.8 Å². The number of hydrogen-bond donors (Lipinski definition) is 1. The van der Waals surface area contributed by atoms with Gasteiger partial charge in [-0.1, -0.05) is 6.07 Å². The van der Waals surface area contributed by atoms with Crippen molar-refractivity contribution in [2.24, 2.45) is 0 Å². The van der Waals surface area contributed by atoms with Crippen LogP contribution in [0.3, 0.4) is 0 Å². The van der Waals surface area contributed by atoms with Crippen LogP contribution in [-0.2, 0) is 21.3 Å². The molecule has 144 valence electrons. The second-order valence-electron chi connectivity index (χ2n) is 6.25. The highest BCUT2D eigenvalue weighted by Crippen LogP contribution is 2.33. The molecule has 1 N–H and O–H groups in total. The van der Waals surface area contributed by atoms with Gasteiger partial charge in [0, 0.05) is 5.56 Å². The lowest BCUT2D eigenvalue weighted by Gasteiger charge is -2.12. The minimum Gasteiger partial charge on any atom is -0.306 e. The van der Waals surface area contributed by atoms with Gasteiger partial charge in [0.2, 0.25) is 0 Å². The van der Waals surface area contributed by atoms with Crippen molar-refractivity contribution in [3.63, 3.8) is 0 Å². The lowest BCUT2D eigenvalue weighted by Crippen LogP contribution is -2.19. The Morgan fingerprint density at radius 3 is 2.29 bits per heavy atom. The van der Waals surface area contributed by atoms with Crippen LogP contribution in [0.1, 0.15) is 21.6 Å². The summed E-state index contributed by atoms with van der Waals surface area (Å²) >= 11 is 0. The third-order valence-electron chi connectivity index (χ3n) is 4.28. The molecule has 2 aromatic carbocycles. The minimum absolute atomic E-state index is 0.0321. The van der Waals surface area contributed by atoms with Gasteiger partial charge in [-0.25, -0.2) is 26.3 Å². The fraction of sp³-hybridized carbons (Fsp3) is 0.111. The molecule has 0 atom stereocenters. The first kappa shape index (κ1) is 18.2. The highest BCUT2D eigenvalue weighted by Gasteiger charge is 2.33. The van der Waals surface area contributed by atoms with Crippen molar-refractivity contribution >= 4 is 21.6 Å². The summed E-state index contributed by atoms with van der Waals surface area (Å²) in [6.45, 7) is 0. The second kappa shape index (κ2) is 6.48. The first-order valence-electron chi connectivity index (χ1n) is 8.08. The highest BCUT2D eigenvalue weighted by molar-refractivity contribution is 7.90. The van der Waals surface area contributed by atoms with Gasteiger partial charge in [0.1, 0.15) is 28.8 Å². The summed E-state index contributed by atoms with van der Waals surface area (Å²) < 4.78 is 66.2. The molecular weight excluding hydrogens is 395 g/mol. The molecule has 0 fully saturated rings. The van der Waals surface area contributed by atoms with Crippen molar-refractivity contribution in [3.8, 4) is 5.69 Å². The molecule has 1 aliphatic rings. The smallest absolute Gasteiger partial charge is 0.262 e. The summed E-state index contributed by atoms with van der Waals surface area (Å²) in [4.78, 5) is 12.5. The molecule has 0 saturated carbocycles. The van der Waals surface area contributed by atoms with Crippen LogP contribution in [0.4, 0.5) is 19.0 Å². The van der Waals surface area contributed by atoms with E-state index in [1.807, 2.05) is 0 Å². The molecule has 0 aliphatic carbocycles. The van der Waals surface area contributed by atoms with E-state index in [-0.39, 0.29) is 28.6 Å². The average Bonchev–Trinajstić information content (AvgIpc) is 3.08. The maximum atomic E-state index is 13.9. The predicted octanol–water partition coefficient (Wildman–Crippen LogP) is 2.97. The standard InChI is InChI=1S/C18H12F3N3O3S/c19-10-4-6-11(7-5-10)24-17(12-8-28(26,27)9-15(12)23-24)22-18(25)16-13(20)2-1-3-14(16)21/h1-7H,8-9H2,(H,22,25). The maximum absolute atomic E-state index is 13.9. The Morgan fingerprint density at radius 2 is 1.64 bits per heavy atom. The zero-order chi connectivity index (χ0) is 20.1. The van der Waals surface area contributed by atoms with E-state index in [4.69, 9.17) is 0 Å². The van der Waals surface area contributed by atoms with Crippen LogP contribution in [0.25, 0.3) is 5.69 Å². The number of nitrogens with one attached hydrogen (secondary N) is 1. The Kier molecular flexibility index (Phi) is 4.22. The van der Waals surface area contributed by atoms with E-state index in [9.17, 15) is 26.4 Å². The number of benzene rings is 2. The van der Waals surface area contributed by atoms with Crippen molar-refractivity contribution < 1.29 is 26.4 Å². The molecule has 0 saturated heterocycles. The molecule has 28 heavy (non-hydrogen) atoms. The van der Waals surface area contributed by atoms with Gasteiger partial charge in [-0.2, -0.15) is 5.10 Å². The molecular formula is C18H12F3N3O3S. The molecule has 10 heteroatoms. The van der Waals surface area contributed by atoms with Crippen molar-refractivity contribution in [1.82, 2.24) is 9.78 Å². The van der Waals surface area contributed by atoms with E-state index in [0.29, 0.717) is 5.69 Å². The van der Waals surface area contributed by atoms with Crippen LogP contribution in [0, 0.1) is 17.5 Å². The van der Waals surface area contributed by atoms with Gasteiger partial charge in [0.15, 0.2) is 9.84 Å². The van der Waals surface area contributed by atoms with Crippen LogP contribution in [0.5, 0.6) is 0 Å². The molecule has 1 aliphatic heterocycles. The van der Waals surface area contributed by atoms with Gasteiger partial charge in [0.25, 0.3) is 5.91 Å². The summed E-state index contributed by atoms with van der Waals surface area (Å²) in [6.07, 6.45) is 0. The van der Waals surface area contributed by atoms with E-state index in [0.717, 1.165) is 18.2 Å². The molecule has 0 unspecified atom stereocenters. The summed E-state index contributed by atoms with van der Waals surface area (Å²) in [7, 11) is -3.44. The Labute approximate surface area is 157 Å². The quantitative estimate of drug-likeness (QED) is 0.724. The van der Waals surface area contributed by atoms with Crippen LogP contribution >= 0.6 is 0 Å². The number of sulfone groups is 1. The number of aromatic nitrogens is 2. The summed E-state index contributed by atoms with van der Waals surface area (Å²) in [6, 6.07) is 8.08. The van der Waals surface area contributed by atoms with Gasteiger partial charge in [-0.3, -0.25) is 4.79 Å². The van der Waals surface area contributed by atoms with Gasteiger partial charge < -0.3 is 5.32 Å².